The molecule has 4 aromatic rings. The summed E-state index contributed by atoms with van der Waals surface area (Å²) < 4.78 is 12.2. The first kappa shape index (κ1) is 25.6. The van der Waals surface area contributed by atoms with Gasteiger partial charge in [0.25, 0.3) is 0 Å². The van der Waals surface area contributed by atoms with Crippen LogP contribution in [0, 0.1) is 0 Å². The van der Waals surface area contributed by atoms with Gasteiger partial charge in [-0.2, -0.15) is 4.98 Å². The summed E-state index contributed by atoms with van der Waals surface area (Å²) in [6, 6.07) is 14.2. The number of fused-ring (bicyclic) bond motifs is 1. The summed E-state index contributed by atoms with van der Waals surface area (Å²) in [4.78, 5) is 35.2. The van der Waals surface area contributed by atoms with Gasteiger partial charge in [-0.3, -0.25) is 4.79 Å². The van der Waals surface area contributed by atoms with Gasteiger partial charge in [0, 0.05) is 25.8 Å². The third kappa shape index (κ3) is 6.22. The van der Waals surface area contributed by atoms with Crippen LogP contribution in [0.5, 0.6) is 11.6 Å². The van der Waals surface area contributed by atoms with Crippen molar-refractivity contribution in [3.05, 3.63) is 72.1 Å². The van der Waals surface area contributed by atoms with Gasteiger partial charge in [-0.15, -0.1) is 11.3 Å². The molecule has 0 aliphatic rings. The van der Waals surface area contributed by atoms with Gasteiger partial charge in [0.1, 0.15) is 10.4 Å². The second-order valence-corrected chi connectivity index (χ2v) is 9.11. The van der Waals surface area contributed by atoms with Crippen LogP contribution in [0.25, 0.3) is 10.2 Å². The third-order valence-corrected chi connectivity index (χ3v) is 6.06. The van der Waals surface area contributed by atoms with Crippen LogP contribution in [0.4, 0.5) is 23.0 Å². The number of esters is 1. The van der Waals surface area contributed by atoms with E-state index >= 15 is 0 Å². The van der Waals surface area contributed by atoms with Gasteiger partial charge >= 0.3 is 5.97 Å². The summed E-state index contributed by atoms with van der Waals surface area (Å²) in [6.45, 7) is 5.79. The molecule has 1 amide bonds. The smallest absolute Gasteiger partial charge is 0.338 e. The molecule has 37 heavy (non-hydrogen) atoms. The Balaban J connectivity index is 1.64. The van der Waals surface area contributed by atoms with Gasteiger partial charge in [0.05, 0.1) is 29.1 Å². The molecule has 10 heteroatoms. The fourth-order valence-electron chi connectivity index (χ4n) is 3.44. The number of nitrogens with one attached hydrogen (secondary N) is 2. The quantitative estimate of drug-likeness (QED) is 0.195. The number of thiophene rings is 1. The Bertz CT molecular complexity index is 1450. The third-order valence-electron chi connectivity index (χ3n) is 5.17. The number of anilines is 4. The molecule has 0 saturated heterocycles. The monoisotopic (exact) mass is 517 g/mol. The number of hydrogen-bond acceptors (Lipinski definition) is 9. The number of nitrogens with zero attached hydrogens (tertiary/aromatic N) is 3. The SMILES string of the molecule is C=CC(=O)Nc1cccc(Oc2nc(Nc3ccc(C(=O)OCCC)cc3N(C)C)nc3ccsc23)c1. The lowest BCUT2D eigenvalue weighted by Crippen LogP contribution is -2.14. The fraction of sp³-hybridized carbons (Fsp3) is 0.185. The number of carbonyl (C=O) groups is 2. The van der Waals surface area contributed by atoms with Crippen molar-refractivity contribution in [1.82, 2.24) is 9.97 Å². The highest BCUT2D eigenvalue weighted by atomic mass is 32.1. The van der Waals surface area contributed by atoms with Crippen molar-refractivity contribution in [3.8, 4) is 11.6 Å². The van der Waals surface area contributed by atoms with Crippen LogP contribution in [0.2, 0.25) is 0 Å². The van der Waals surface area contributed by atoms with E-state index in [-0.39, 0.29) is 11.9 Å². The van der Waals surface area contributed by atoms with Gasteiger partial charge in [-0.05, 0) is 54.3 Å². The van der Waals surface area contributed by atoms with Gasteiger partial charge in [0.15, 0.2) is 0 Å². The van der Waals surface area contributed by atoms with Crippen molar-refractivity contribution >= 4 is 56.4 Å². The number of aromatic nitrogens is 2. The minimum Gasteiger partial charge on any atom is -0.462 e. The molecule has 0 fully saturated rings. The van der Waals surface area contributed by atoms with E-state index in [1.54, 1.807) is 42.5 Å². The lowest BCUT2D eigenvalue weighted by molar-refractivity contribution is -0.111. The molecule has 0 radical (unpaired) electrons. The van der Waals surface area contributed by atoms with Gasteiger partial charge in [-0.1, -0.05) is 19.6 Å². The lowest BCUT2D eigenvalue weighted by Gasteiger charge is -2.19. The highest BCUT2D eigenvalue weighted by Gasteiger charge is 2.16. The highest BCUT2D eigenvalue weighted by Crippen LogP contribution is 2.35. The van der Waals surface area contributed by atoms with E-state index in [0.29, 0.717) is 41.1 Å². The molecule has 0 unspecified atom stereocenters. The van der Waals surface area contributed by atoms with Crippen LogP contribution in [0.15, 0.2) is 66.6 Å². The molecule has 4 rings (SSSR count). The number of carbonyl (C=O) groups excluding carboxylic acids is 2. The summed E-state index contributed by atoms with van der Waals surface area (Å²) in [5.74, 6) is 0.537. The zero-order valence-electron chi connectivity index (χ0n) is 20.8. The number of amides is 1. The predicted octanol–water partition coefficient (Wildman–Crippen LogP) is 5.98. The average molecular weight is 518 g/mol. The molecule has 0 atom stereocenters. The van der Waals surface area contributed by atoms with E-state index in [0.717, 1.165) is 22.3 Å². The summed E-state index contributed by atoms with van der Waals surface area (Å²) >= 11 is 1.47. The standard InChI is InChI=1S/C27H27N5O4S/c1-5-13-35-26(34)17-10-11-20(22(15-17)32(3)4)29-27-30-21-12-14-37-24(21)25(31-27)36-19-9-7-8-18(16-19)28-23(33)6-2/h6-12,14-16H,2,5,13H2,1,3-4H3,(H,28,33)(H,29,30,31). The lowest BCUT2D eigenvalue weighted by atomic mass is 10.1. The Morgan fingerprint density at radius 3 is 2.73 bits per heavy atom. The van der Waals surface area contributed by atoms with Crippen molar-refractivity contribution in [3.63, 3.8) is 0 Å². The Morgan fingerprint density at radius 2 is 1.97 bits per heavy atom. The van der Waals surface area contributed by atoms with Crippen molar-refractivity contribution in [1.29, 1.82) is 0 Å². The Labute approximate surface area is 218 Å². The summed E-state index contributed by atoms with van der Waals surface area (Å²) in [7, 11) is 3.77. The minimum absolute atomic E-state index is 0.312. The molecule has 0 aliphatic heterocycles. The molecular weight excluding hydrogens is 490 g/mol. The maximum absolute atomic E-state index is 12.4. The van der Waals surface area contributed by atoms with E-state index in [1.165, 1.54) is 17.4 Å². The molecule has 190 valence electrons. The Kier molecular flexibility index (Phi) is 7.99. The first-order valence-electron chi connectivity index (χ1n) is 11.6. The zero-order valence-corrected chi connectivity index (χ0v) is 21.6. The summed E-state index contributed by atoms with van der Waals surface area (Å²) in [5.41, 5.74) is 3.24. The Hall–Kier alpha value is -4.44. The van der Waals surface area contributed by atoms with E-state index in [1.807, 2.05) is 37.4 Å². The first-order chi connectivity index (χ1) is 17.9. The summed E-state index contributed by atoms with van der Waals surface area (Å²) in [5, 5.41) is 7.89. The molecule has 0 aliphatic carbocycles. The van der Waals surface area contributed by atoms with E-state index < -0.39 is 0 Å². The molecule has 0 spiro atoms. The van der Waals surface area contributed by atoms with Crippen LogP contribution in [-0.4, -0.2) is 42.5 Å². The highest BCUT2D eigenvalue weighted by molar-refractivity contribution is 7.17. The molecule has 2 heterocycles. The van der Waals surface area contributed by atoms with Crippen molar-refractivity contribution in [2.75, 3.05) is 36.2 Å². The van der Waals surface area contributed by atoms with Gasteiger partial charge in [0.2, 0.25) is 17.7 Å². The molecule has 0 saturated carbocycles. The largest absolute Gasteiger partial charge is 0.462 e. The van der Waals surface area contributed by atoms with Crippen LogP contribution in [0.1, 0.15) is 23.7 Å². The van der Waals surface area contributed by atoms with Crippen LogP contribution < -0.4 is 20.3 Å². The number of hydrogen-bond donors (Lipinski definition) is 2. The molecule has 2 aromatic carbocycles. The Morgan fingerprint density at radius 1 is 1.14 bits per heavy atom. The number of benzene rings is 2. The van der Waals surface area contributed by atoms with E-state index in [4.69, 9.17) is 9.47 Å². The maximum Gasteiger partial charge on any atom is 0.338 e. The normalized spacial score (nSPS) is 10.6. The number of ether oxygens (including phenoxy) is 2. The van der Waals surface area contributed by atoms with Crippen LogP contribution >= 0.6 is 11.3 Å². The van der Waals surface area contributed by atoms with Crippen molar-refractivity contribution in [2.24, 2.45) is 0 Å². The molecule has 9 nitrogen and oxygen atoms in total. The van der Waals surface area contributed by atoms with Crippen molar-refractivity contribution < 1.29 is 19.1 Å². The van der Waals surface area contributed by atoms with Crippen molar-refractivity contribution in [2.45, 2.75) is 13.3 Å². The van der Waals surface area contributed by atoms with Crippen LogP contribution in [0.3, 0.4) is 0 Å². The van der Waals surface area contributed by atoms with E-state index in [9.17, 15) is 9.59 Å². The second kappa shape index (κ2) is 11.5. The zero-order chi connectivity index (χ0) is 26.4. The number of rotatable bonds is 10. The average Bonchev–Trinajstić information content (AvgIpc) is 3.36. The topological polar surface area (TPSA) is 106 Å². The predicted molar refractivity (Wildman–Crippen MR) is 147 cm³/mol. The van der Waals surface area contributed by atoms with E-state index in [2.05, 4.69) is 27.2 Å². The molecule has 2 N–H and O–H groups in total. The molecule has 0 bridgehead atoms. The summed E-state index contributed by atoms with van der Waals surface area (Å²) in [6.07, 6.45) is 1.96. The fourth-order valence-corrected chi connectivity index (χ4v) is 4.19. The van der Waals surface area contributed by atoms with Gasteiger partial charge in [-0.25, -0.2) is 9.78 Å². The minimum atomic E-state index is -0.366. The maximum atomic E-state index is 12.4. The molecular formula is C27H27N5O4S. The first-order valence-corrected chi connectivity index (χ1v) is 12.5. The van der Waals surface area contributed by atoms with Gasteiger partial charge < -0.3 is 25.0 Å². The molecule has 2 aromatic heterocycles. The van der Waals surface area contributed by atoms with Crippen LogP contribution in [-0.2, 0) is 9.53 Å². The second-order valence-electron chi connectivity index (χ2n) is 8.20.